The van der Waals surface area contributed by atoms with Gasteiger partial charge in [0.15, 0.2) is 5.13 Å². The van der Waals surface area contributed by atoms with E-state index in [1.807, 2.05) is 13.2 Å². The Labute approximate surface area is 133 Å². The molecule has 1 aliphatic rings. The normalized spacial score (nSPS) is 20.3. The van der Waals surface area contributed by atoms with Crippen LogP contribution < -0.4 is 21.7 Å². The highest BCUT2D eigenvalue weighted by atomic mass is 32.2. The molecule has 2 heterocycles. The van der Waals surface area contributed by atoms with Crippen molar-refractivity contribution >= 4 is 40.0 Å². The second-order valence-corrected chi connectivity index (χ2v) is 7.28. The number of nitrogens with two attached hydrogens (primary N) is 2. The van der Waals surface area contributed by atoms with Crippen LogP contribution in [0.3, 0.4) is 0 Å². The van der Waals surface area contributed by atoms with Crippen molar-refractivity contribution < 1.29 is 4.79 Å². The zero-order chi connectivity index (χ0) is 15.4. The smallest absolute Gasteiger partial charge is 0.265 e. The number of amides is 1. The van der Waals surface area contributed by atoms with Crippen molar-refractivity contribution in [3.05, 3.63) is 4.88 Å². The molecule has 0 spiro atoms. The van der Waals surface area contributed by atoms with Crippen molar-refractivity contribution in [1.29, 1.82) is 0 Å². The van der Waals surface area contributed by atoms with Gasteiger partial charge in [0.2, 0.25) is 0 Å². The molecule has 0 aliphatic carbocycles. The Bertz CT molecular complexity index is 493. The molecule has 1 aromatic rings. The summed E-state index contributed by atoms with van der Waals surface area (Å²) in [6, 6.07) is 0.281. The van der Waals surface area contributed by atoms with Crippen LogP contribution >= 0.6 is 23.1 Å². The third-order valence-electron chi connectivity index (χ3n) is 3.37. The van der Waals surface area contributed by atoms with Gasteiger partial charge in [-0.1, -0.05) is 11.3 Å². The van der Waals surface area contributed by atoms with Crippen molar-refractivity contribution in [1.82, 2.24) is 10.3 Å². The number of hydrogen-bond acceptors (Lipinski definition) is 7. The van der Waals surface area contributed by atoms with E-state index in [2.05, 4.69) is 15.2 Å². The maximum absolute atomic E-state index is 12.2. The maximum atomic E-state index is 12.2. The number of thiazole rings is 1. The Morgan fingerprint density at radius 2 is 2.43 bits per heavy atom. The van der Waals surface area contributed by atoms with E-state index in [1.165, 1.54) is 11.3 Å². The minimum Gasteiger partial charge on any atom is -0.382 e. The number of nitrogen functional groups attached to an aromatic ring is 1. The van der Waals surface area contributed by atoms with Crippen LogP contribution in [0.15, 0.2) is 0 Å². The van der Waals surface area contributed by atoms with Gasteiger partial charge in [0.25, 0.3) is 5.91 Å². The molecule has 2 atom stereocenters. The summed E-state index contributed by atoms with van der Waals surface area (Å²) < 4.78 is 0. The molecule has 1 fully saturated rings. The summed E-state index contributed by atoms with van der Waals surface area (Å²) in [5.74, 6) is 1.04. The Morgan fingerprint density at radius 1 is 1.67 bits per heavy atom. The molecule has 0 saturated carbocycles. The van der Waals surface area contributed by atoms with Gasteiger partial charge in [0, 0.05) is 30.9 Å². The Kier molecular flexibility index (Phi) is 5.72. The number of aromatic nitrogens is 1. The first-order chi connectivity index (χ1) is 10.0. The van der Waals surface area contributed by atoms with E-state index in [4.69, 9.17) is 11.5 Å². The van der Waals surface area contributed by atoms with Gasteiger partial charge in [0.1, 0.15) is 10.7 Å². The van der Waals surface area contributed by atoms with Crippen LogP contribution in [0.25, 0.3) is 0 Å². The molecule has 8 heteroatoms. The van der Waals surface area contributed by atoms with Crippen molar-refractivity contribution in [3.63, 3.8) is 0 Å². The molecule has 21 heavy (non-hydrogen) atoms. The zero-order valence-electron chi connectivity index (χ0n) is 12.5. The second kappa shape index (κ2) is 7.33. The van der Waals surface area contributed by atoms with Crippen molar-refractivity contribution in [2.75, 3.05) is 35.7 Å². The molecule has 6 nitrogen and oxygen atoms in total. The van der Waals surface area contributed by atoms with Gasteiger partial charge in [-0.15, -0.1) is 0 Å². The number of carbonyl (C=O) groups is 1. The number of rotatable bonds is 5. The average molecular weight is 329 g/mol. The predicted octanol–water partition coefficient (Wildman–Crippen LogP) is 1.13. The Hall–Kier alpha value is -0.990. The number of carbonyl (C=O) groups excluding carboxylic acids is 1. The molecule has 0 radical (unpaired) electrons. The Balaban J connectivity index is 2.06. The lowest BCUT2D eigenvalue weighted by molar-refractivity contribution is 0.0948. The van der Waals surface area contributed by atoms with Crippen molar-refractivity contribution in [3.8, 4) is 0 Å². The first-order valence-corrected chi connectivity index (χ1v) is 9.29. The monoisotopic (exact) mass is 329 g/mol. The molecule has 1 amide bonds. The van der Waals surface area contributed by atoms with Gasteiger partial charge in [0.05, 0.1) is 0 Å². The molecule has 2 unspecified atom stereocenters. The third kappa shape index (κ3) is 4.24. The lowest BCUT2D eigenvalue weighted by Crippen LogP contribution is -2.42. The van der Waals surface area contributed by atoms with E-state index in [0.717, 1.165) is 36.8 Å². The number of anilines is 2. The molecular formula is C13H23N5OS2. The number of thioether (sulfide) groups is 1. The molecule has 2 rings (SSSR count). The SMILES string of the molecule is CSCC(C)NC(=O)c1sc(N2CCCC(N)C2)nc1N. The first kappa shape index (κ1) is 16.4. The van der Waals surface area contributed by atoms with Gasteiger partial charge in [-0.2, -0.15) is 11.8 Å². The quantitative estimate of drug-likeness (QED) is 0.749. The molecule has 5 N–H and O–H groups in total. The van der Waals surface area contributed by atoms with Crippen LogP contribution in [0.1, 0.15) is 29.4 Å². The number of hydrogen-bond donors (Lipinski definition) is 3. The fourth-order valence-corrected chi connectivity index (χ4v) is 3.89. The van der Waals surface area contributed by atoms with Crippen LogP contribution in [-0.2, 0) is 0 Å². The van der Waals surface area contributed by atoms with Gasteiger partial charge < -0.3 is 21.7 Å². The largest absolute Gasteiger partial charge is 0.382 e. The molecule has 0 bridgehead atoms. The number of nitrogens with one attached hydrogen (secondary N) is 1. The average Bonchev–Trinajstić information content (AvgIpc) is 2.81. The molecule has 1 aliphatic heterocycles. The van der Waals surface area contributed by atoms with Gasteiger partial charge in [-0.3, -0.25) is 4.79 Å². The van der Waals surface area contributed by atoms with Crippen molar-refractivity contribution in [2.24, 2.45) is 5.73 Å². The summed E-state index contributed by atoms with van der Waals surface area (Å²) in [5, 5.41) is 3.75. The fraction of sp³-hybridized carbons (Fsp3) is 0.692. The zero-order valence-corrected chi connectivity index (χ0v) is 14.1. The summed E-state index contributed by atoms with van der Waals surface area (Å²) in [4.78, 5) is 19.2. The van der Waals surface area contributed by atoms with Crippen LogP contribution in [0, 0.1) is 0 Å². The molecule has 1 saturated heterocycles. The van der Waals surface area contributed by atoms with Crippen LogP contribution in [0.2, 0.25) is 0 Å². The van der Waals surface area contributed by atoms with Crippen molar-refractivity contribution in [2.45, 2.75) is 31.8 Å². The predicted molar refractivity (Wildman–Crippen MR) is 91.3 cm³/mol. The number of nitrogens with zero attached hydrogens (tertiary/aromatic N) is 2. The second-order valence-electron chi connectivity index (χ2n) is 5.39. The standard InChI is InChI=1S/C13H23N5OS2/c1-8(7-20-2)16-12(19)10-11(15)17-13(21-10)18-5-3-4-9(14)6-18/h8-9H,3-7,14-15H2,1-2H3,(H,16,19). The summed E-state index contributed by atoms with van der Waals surface area (Å²) in [5.41, 5.74) is 11.9. The first-order valence-electron chi connectivity index (χ1n) is 7.08. The van der Waals surface area contributed by atoms with E-state index in [1.54, 1.807) is 11.8 Å². The maximum Gasteiger partial charge on any atom is 0.265 e. The van der Waals surface area contributed by atoms with Crippen LogP contribution in [0.5, 0.6) is 0 Å². The van der Waals surface area contributed by atoms with E-state index in [9.17, 15) is 4.79 Å². The molecule has 118 valence electrons. The van der Waals surface area contributed by atoms with Crippen LogP contribution in [0.4, 0.5) is 10.9 Å². The highest BCUT2D eigenvalue weighted by molar-refractivity contribution is 7.98. The molecule has 0 aromatic carbocycles. The summed E-state index contributed by atoms with van der Waals surface area (Å²) >= 11 is 3.05. The van der Waals surface area contributed by atoms with E-state index in [-0.39, 0.29) is 18.0 Å². The summed E-state index contributed by atoms with van der Waals surface area (Å²) in [6.07, 6.45) is 4.10. The fourth-order valence-electron chi connectivity index (χ4n) is 2.38. The summed E-state index contributed by atoms with van der Waals surface area (Å²) in [7, 11) is 0. The topological polar surface area (TPSA) is 97.3 Å². The van der Waals surface area contributed by atoms with E-state index in [0.29, 0.717) is 10.7 Å². The lowest BCUT2D eigenvalue weighted by Gasteiger charge is -2.30. The summed E-state index contributed by atoms with van der Waals surface area (Å²) in [6.45, 7) is 3.68. The van der Waals surface area contributed by atoms with E-state index < -0.39 is 0 Å². The minimum absolute atomic E-state index is 0.112. The van der Waals surface area contributed by atoms with E-state index >= 15 is 0 Å². The Morgan fingerprint density at radius 3 is 3.10 bits per heavy atom. The highest BCUT2D eigenvalue weighted by Crippen LogP contribution is 2.29. The molecule has 1 aromatic heterocycles. The number of piperidine rings is 1. The third-order valence-corrected chi connectivity index (χ3v) is 5.33. The lowest BCUT2D eigenvalue weighted by atomic mass is 10.1. The minimum atomic E-state index is -0.140. The van der Waals surface area contributed by atoms with Gasteiger partial charge in [-0.05, 0) is 26.0 Å². The highest BCUT2D eigenvalue weighted by Gasteiger charge is 2.23. The van der Waals surface area contributed by atoms with Gasteiger partial charge in [-0.25, -0.2) is 4.98 Å². The van der Waals surface area contributed by atoms with Crippen LogP contribution in [-0.4, -0.2) is 48.1 Å². The molecular weight excluding hydrogens is 306 g/mol. The van der Waals surface area contributed by atoms with Gasteiger partial charge >= 0.3 is 0 Å².